The first kappa shape index (κ1) is 21.5. The minimum absolute atomic E-state index is 0.199. The molecule has 3 heterocycles. The summed E-state index contributed by atoms with van der Waals surface area (Å²) in [7, 11) is 0. The van der Waals surface area contributed by atoms with E-state index in [0.29, 0.717) is 23.7 Å². The zero-order valence-corrected chi connectivity index (χ0v) is 19.3. The lowest BCUT2D eigenvalue weighted by Gasteiger charge is -2.33. The van der Waals surface area contributed by atoms with Crippen molar-refractivity contribution in [2.75, 3.05) is 39.4 Å². The molecule has 0 aromatic heterocycles. The molecule has 170 valence electrons. The molecule has 1 aliphatic carbocycles. The molecule has 3 aliphatic heterocycles. The van der Waals surface area contributed by atoms with Gasteiger partial charge in [-0.15, -0.1) is 0 Å². The number of rotatable bonds is 5. The molecule has 1 aromatic carbocycles. The van der Waals surface area contributed by atoms with Crippen molar-refractivity contribution in [1.29, 1.82) is 0 Å². The van der Waals surface area contributed by atoms with E-state index in [4.69, 9.17) is 4.74 Å². The summed E-state index contributed by atoms with van der Waals surface area (Å²) in [5.41, 5.74) is 2.98. The van der Waals surface area contributed by atoms with Crippen LogP contribution in [0.4, 0.5) is 0 Å². The van der Waals surface area contributed by atoms with Crippen LogP contribution in [0.15, 0.2) is 24.3 Å². The largest absolute Gasteiger partial charge is 0.381 e. The summed E-state index contributed by atoms with van der Waals surface area (Å²) in [4.78, 5) is 18.0. The van der Waals surface area contributed by atoms with Crippen LogP contribution >= 0.6 is 0 Å². The molecule has 4 fully saturated rings. The maximum atomic E-state index is 13.1. The molecule has 4 nitrogen and oxygen atoms in total. The summed E-state index contributed by atoms with van der Waals surface area (Å²) in [5.74, 6) is 2.57. The van der Waals surface area contributed by atoms with Crippen LogP contribution in [0.2, 0.25) is 0 Å². The summed E-state index contributed by atoms with van der Waals surface area (Å²) < 4.78 is 5.47. The molecule has 5 rings (SSSR count). The van der Waals surface area contributed by atoms with Gasteiger partial charge in [0.25, 0.3) is 0 Å². The van der Waals surface area contributed by atoms with Crippen LogP contribution in [0.25, 0.3) is 0 Å². The van der Waals surface area contributed by atoms with Crippen LogP contribution in [0, 0.1) is 17.8 Å². The number of carbonyl (C=O) groups is 1. The molecular weight excluding hydrogens is 384 g/mol. The second-order valence-corrected chi connectivity index (χ2v) is 10.6. The molecule has 1 aromatic rings. The fraction of sp³-hybridized carbons (Fsp3) is 0.741. The van der Waals surface area contributed by atoms with Gasteiger partial charge in [-0.2, -0.15) is 0 Å². The van der Waals surface area contributed by atoms with E-state index in [1.165, 1.54) is 56.3 Å². The highest BCUT2D eigenvalue weighted by Gasteiger charge is 2.43. The molecule has 1 amide bonds. The number of nitrogens with zero attached hydrogens (tertiary/aromatic N) is 2. The van der Waals surface area contributed by atoms with Gasteiger partial charge in [0, 0.05) is 44.8 Å². The number of ether oxygens (including phenoxy) is 1. The van der Waals surface area contributed by atoms with Crippen LogP contribution < -0.4 is 0 Å². The molecular formula is C27H40N2O2. The SMILES string of the molecule is CC1CCCN1CCc1ccc(C2CCCC3CN(C(=O)C4CCOCC4)CC32)cc1. The van der Waals surface area contributed by atoms with E-state index in [0.717, 1.165) is 51.6 Å². The van der Waals surface area contributed by atoms with Gasteiger partial charge in [-0.25, -0.2) is 0 Å². The van der Waals surface area contributed by atoms with Gasteiger partial charge in [0.15, 0.2) is 0 Å². The molecule has 3 saturated heterocycles. The Morgan fingerprint density at radius 2 is 1.81 bits per heavy atom. The van der Waals surface area contributed by atoms with E-state index in [1.807, 2.05) is 0 Å². The minimum atomic E-state index is 0.199. The fourth-order valence-corrected chi connectivity index (χ4v) is 6.80. The number of carbonyl (C=O) groups excluding carboxylic acids is 1. The van der Waals surface area contributed by atoms with Crippen molar-refractivity contribution in [3.63, 3.8) is 0 Å². The molecule has 0 N–H and O–H groups in total. The lowest BCUT2D eigenvalue weighted by Crippen LogP contribution is -2.37. The Hall–Kier alpha value is -1.39. The molecule has 0 radical (unpaired) electrons. The van der Waals surface area contributed by atoms with Crippen LogP contribution in [-0.4, -0.2) is 61.1 Å². The number of hydrogen-bond acceptors (Lipinski definition) is 3. The second-order valence-electron chi connectivity index (χ2n) is 10.6. The van der Waals surface area contributed by atoms with Gasteiger partial charge in [-0.1, -0.05) is 30.7 Å². The first-order valence-electron chi connectivity index (χ1n) is 12.9. The molecule has 1 saturated carbocycles. The molecule has 31 heavy (non-hydrogen) atoms. The Morgan fingerprint density at radius 1 is 1.00 bits per heavy atom. The summed E-state index contributed by atoms with van der Waals surface area (Å²) in [6, 6.07) is 10.3. The maximum absolute atomic E-state index is 13.1. The number of hydrogen-bond donors (Lipinski definition) is 0. The Balaban J connectivity index is 1.20. The van der Waals surface area contributed by atoms with Gasteiger partial charge < -0.3 is 14.5 Å². The second kappa shape index (κ2) is 9.62. The van der Waals surface area contributed by atoms with Crippen LogP contribution in [0.1, 0.15) is 68.9 Å². The first-order chi connectivity index (χ1) is 15.2. The van der Waals surface area contributed by atoms with E-state index in [-0.39, 0.29) is 5.92 Å². The highest BCUT2D eigenvalue weighted by Crippen LogP contribution is 2.45. The van der Waals surface area contributed by atoms with Crippen molar-refractivity contribution >= 4 is 5.91 Å². The van der Waals surface area contributed by atoms with Gasteiger partial charge in [-0.05, 0) is 87.3 Å². The summed E-state index contributed by atoms with van der Waals surface area (Å²) >= 11 is 0. The zero-order chi connectivity index (χ0) is 21.2. The normalized spacial score (nSPS) is 32.4. The van der Waals surface area contributed by atoms with Crippen LogP contribution in [0.3, 0.4) is 0 Å². The van der Waals surface area contributed by atoms with Gasteiger partial charge in [0.05, 0.1) is 0 Å². The molecule has 0 spiro atoms. The van der Waals surface area contributed by atoms with Crippen molar-refractivity contribution in [3.8, 4) is 0 Å². The molecule has 4 aliphatic rings. The highest BCUT2D eigenvalue weighted by atomic mass is 16.5. The van der Waals surface area contributed by atoms with E-state index in [9.17, 15) is 4.79 Å². The summed E-state index contributed by atoms with van der Waals surface area (Å²) in [6.45, 7) is 8.30. The highest BCUT2D eigenvalue weighted by molar-refractivity contribution is 5.79. The topological polar surface area (TPSA) is 32.8 Å². The smallest absolute Gasteiger partial charge is 0.225 e. The Labute approximate surface area is 188 Å². The molecule has 4 unspecified atom stereocenters. The lowest BCUT2D eigenvalue weighted by molar-refractivity contribution is -0.137. The van der Waals surface area contributed by atoms with Crippen molar-refractivity contribution in [2.45, 2.75) is 70.3 Å². The minimum Gasteiger partial charge on any atom is -0.381 e. The average Bonchev–Trinajstić information content (AvgIpc) is 3.44. The fourth-order valence-electron chi connectivity index (χ4n) is 6.80. The number of benzene rings is 1. The number of amides is 1. The Bertz CT molecular complexity index is 742. The molecule has 4 atom stereocenters. The maximum Gasteiger partial charge on any atom is 0.225 e. The molecule has 4 heteroatoms. The first-order valence-corrected chi connectivity index (χ1v) is 12.9. The summed E-state index contributed by atoms with van der Waals surface area (Å²) in [5, 5.41) is 0. The van der Waals surface area contributed by atoms with Gasteiger partial charge in [-0.3, -0.25) is 4.79 Å². The third-order valence-electron chi connectivity index (χ3n) is 8.77. The zero-order valence-electron chi connectivity index (χ0n) is 19.3. The quantitative estimate of drug-likeness (QED) is 0.699. The monoisotopic (exact) mass is 424 g/mol. The lowest BCUT2D eigenvalue weighted by atomic mass is 9.71. The molecule has 0 bridgehead atoms. The predicted molar refractivity (Wildman–Crippen MR) is 124 cm³/mol. The number of likely N-dealkylation sites (tertiary alicyclic amines) is 2. The van der Waals surface area contributed by atoms with Gasteiger partial charge in [0.2, 0.25) is 5.91 Å². The third kappa shape index (κ3) is 4.71. The Kier molecular flexibility index (Phi) is 6.66. The third-order valence-corrected chi connectivity index (χ3v) is 8.77. The van der Waals surface area contributed by atoms with E-state index in [1.54, 1.807) is 0 Å². The Morgan fingerprint density at radius 3 is 2.55 bits per heavy atom. The van der Waals surface area contributed by atoms with Crippen molar-refractivity contribution < 1.29 is 9.53 Å². The van der Waals surface area contributed by atoms with Crippen molar-refractivity contribution in [1.82, 2.24) is 9.80 Å². The van der Waals surface area contributed by atoms with E-state index < -0.39 is 0 Å². The van der Waals surface area contributed by atoms with Crippen LogP contribution in [-0.2, 0) is 16.0 Å². The average molecular weight is 425 g/mol. The van der Waals surface area contributed by atoms with Gasteiger partial charge >= 0.3 is 0 Å². The number of fused-ring (bicyclic) bond motifs is 1. The van der Waals surface area contributed by atoms with E-state index in [2.05, 4.69) is 41.0 Å². The predicted octanol–water partition coefficient (Wildman–Crippen LogP) is 4.48. The van der Waals surface area contributed by atoms with Crippen molar-refractivity contribution in [2.24, 2.45) is 17.8 Å². The summed E-state index contributed by atoms with van der Waals surface area (Å²) in [6.07, 6.45) is 9.58. The van der Waals surface area contributed by atoms with Crippen LogP contribution in [0.5, 0.6) is 0 Å². The van der Waals surface area contributed by atoms with Crippen molar-refractivity contribution in [3.05, 3.63) is 35.4 Å². The van der Waals surface area contributed by atoms with Gasteiger partial charge in [0.1, 0.15) is 0 Å². The standard InChI is InChI=1S/C27H40N2O2/c1-20-4-3-14-28(20)15-11-21-7-9-22(10-8-21)25-6-2-5-24-18-29(19-26(24)25)27(30)23-12-16-31-17-13-23/h7-10,20,23-26H,2-6,11-19H2,1H3. The van der Waals surface area contributed by atoms with E-state index >= 15 is 0 Å².